The molecule has 0 radical (unpaired) electrons. The number of nitrogens with zero attached hydrogens (tertiary/aromatic N) is 1. The van der Waals surface area contributed by atoms with Crippen LogP contribution in [-0.2, 0) is 0 Å². The predicted molar refractivity (Wildman–Crippen MR) is 68.2 cm³/mol. The molecule has 1 heterocycles. The van der Waals surface area contributed by atoms with Crippen LogP contribution in [0.5, 0.6) is 5.75 Å². The highest BCUT2D eigenvalue weighted by molar-refractivity contribution is 5.73. The Balaban J connectivity index is 2.08. The lowest BCUT2D eigenvalue weighted by Gasteiger charge is -2.27. The number of benzene rings is 1. The van der Waals surface area contributed by atoms with Crippen molar-refractivity contribution in [3.8, 4) is 5.75 Å². The number of allylic oxidation sites excluding steroid dienone is 1. The van der Waals surface area contributed by atoms with Crippen LogP contribution in [0, 0.1) is 0 Å². The zero-order valence-corrected chi connectivity index (χ0v) is 10.1. The van der Waals surface area contributed by atoms with E-state index in [2.05, 4.69) is 0 Å². The third-order valence-electron chi connectivity index (χ3n) is 2.70. The number of hydrogen-bond donors (Lipinski definition) is 1. The van der Waals surface area contributed by atoms with Gasteiger partial charge in [0.15, 0.2) is 0 Å². The van der Waals surface area contributed by atoms with Gasteiger partial charge in [-0.2, -0.15) is 0 Å². The first-order valence-electron chi connectivity index (χ1n) is 5.85. The maximum absolute atomic E-state index is 12.0. The van der Waals surface area contributed by atoms with Gasteiger partial charge in [-0.05, 0) is 30.7 Å². The quantitative estimate of drug-likeness (QED) is 0.870. The smallest absolute Gasteiger partial charge is 0.419 e. The van der Waals surface area contributed by atoms with Crippen LogP contribution in [0.4, 0.5) is 4.79 Å². The topological polar surface area (TPSA) is 49.8 Å². The summed E-state index contributed by atoms with van der Waals surface area (Å²) in [5, 5.41) is 9.40. The van der Waals surface area contributed by atoms with Gasteiger partial charge in [0.1, 0.15) is 11.5 Å². The van der Waals surface area contributed by atoms with Crippen molar-refractivity contribution in [1.82, 2.24) is 4.90 Å². The SMILES string of the molecule is CCC1C=C(O)C=CN1C(=O)Oc1ccccc1. The van der Waals surface area contributed by atoms with E-state index in [1.54, 1.807) is 30.3 Å². The van der Waals surface area contributed by atoms with E-state index in [9.17, 15) is 9.90 Å². The van der Waals surface area contributed by atoms with Gasteiger partial charge in [0.2, 0.25) is 0 Å². The minimum Gasteiger partial charge on any atom is -0.508 e. The molecular formula is C14H15NO3. The Kier molecular flexibility index (Phi) is 3.67. The molecule has 0 spiro atoms. The molecule has 1 aliphatic heterocycles. The van der Waals surface area contributed by atoms with Crippen molar-refractivity contribution < 1.29 is 14.6 Å². The van der Waals surface area contributed by atoms with Crippen molar-refractivity contribution in [2.24, 2.45) is 0 Å². The molecule has 1 aromatic carbocycles. The van der Waals surface area contributed by atoms with E-state index >= 15 is 0 Å². The van der Waals surface area contributed by atoms with Gasteiger partial charge in [0.05, 0.1) is 6.04 Å². The normalized spacial score (nSPS) is 18.4. The lowest BCUT2D eigenvalue weighted by Crippen LogP contribution is -2.38. The van der Waals surface area contributed by atoms with Gasteiger partial charge in [0.25, 0.3) is 0 Å². The zero-order chi connectivity index (χ0) is 13.0. The van der Waals surface area contributed by atoms with E-state index in [4.69, 9.17) is 4.74 Å². The van der Waals surface area contributed by atoms with Gasteiger partial charge in [-0.25, -0.2) is 4.79 Å². The van der Waals surface area contributed by atoms with Gasteiger partial charge in [-0.1, -0.05) is 25.1 Å². The lowest BCUT2D eigenvalue weighted by molar-refractivity contribution is 0.159. The Hall–Kier alpha value is -2.23. The van der Waals surface area contributed by atoms with Crippen molar-refractivity contribution in [2.45, 2.75) is 19.4 Å². The van der Waals surface area contributed by atoms with E-state index in [-0.39, 0.29) is 11.8 Å². The number of amides is 1. The van der Waals surface area contributed by atoms with Crippen LogP contribution in [-0.4, -0.2) is 22.1 Å². The molecule has 4 nitrogen and oxygen atoms in total. The van der Waals surface area contributed by atoms with Crippen LogP contribution in [0.1, 0.15) is 13.3 Å². The van der Waals surface area contributed by atoms with Crippen molar-refractivity contribution in [3.63, 3.8) is 0 Å². The molecule has 0 fully saturated rings. The number of para-hydroxylation sites is 1. The molecule has 1 amide bonds. The lowest BCUT2D eigenvalue weighted by atomic mass is 10.1. The Bertz CT molecular complexity index is 479. The van der Waals surface area contributed by atoms with Crippen LogP contribution in [0.25, 0.3) is 0 Å². The summed E-state index contributed by atoms with van der Waals surface area (Å²) in [7, 11) is 0. The minimum absolute atomic E-state index is 0.172. The van der Waals surface area contributed by atoms with Crippen LogP contribution < -0.4 is 4.74 Å². The molecule has 4 heteroatoms. The van der Waals surface area contributed by atoms with Crippen molar-refractivity contribution in [3.05, 3.63) is 54.4 Å². The summed E-state index contributed by atoms with van der Waals surface area (Å²) < 4.78 is 5.25. The van der Waals surface area contributed by atoms with E-state index in [0.717, 1.165) is 0 Å². The van der Waals surface area contributed by atoms with Gasteiger partial charge in [-0.3, -0.25) is 4.90 Å². The van der Waals surface area contributed by atoms with Crippen molar-refractivity contribution in [2.75, 3.05) is 0 Å². The minimum atomic E-state index is -0.451. The summed E-state index contributed by atoms with van der Waals surface area (Å²) in [6.45, 7) is 1.94. The average molecular weight is 245 g/mol. The van der Waals surface area contributed by atoms with Gasteiger partial charge >= 0.3 is 6.09 Å². The summed E-state index contributed by atoms with van der Waals surface area (Å²) in [4.78, 5) is 13.5. The van der Waals surface area contributed by atoms with Crippen LogP contribution in [0.15, 0.2) is 54.4 Å². The number of hydrogen-bond acceptors (Lipinski definition) is 3. The molecule has 1 aliphatic rings. The van der Waals surface area contributed by atoms with Crippen LogP contribution in [0.2, 0.25) is 0 Å². The molecule has 0 saturated heterocycles. The molecule has 0 aromatic heterocycles. The number of aliphatic hydroxyl groups excluding tert-OH is 1. The molecule has 0 aliphatic carbocycles. The fraction of sp³-hybridized carbons (Fsp3) is 0.214. The van der Waals surface area contributed by atoms with E-state index in [0.29, 0.717) is 12.2 Å². The monoisotopic (exact) mass is 245 g/mol. The molecule has 0 bridgehead atoms. The summed E-state index contributed by atoms with van der Waals surface area (Å²) >= 11 is 0. The maximum atomic E-state index is 12.0. The second-order valence-corrected chi connectivity index (χ2v) is 3.97. The molecule has 2 rings (SSSR count). The first-order valence-corrected chi connectivity index (χ1v) is 5.85. The fourth-order valence-corrected chi connectivity index (χ4v) is 1.75. The largest absolute Gasteiger partial charge is 0.508 e. The second kappa shape index (κ2) is 5.40. The predicted octanol–water partition coefficient (Wildman–Crippen LogP) is 3.24. The Labute approximate surface area is 106 Å². The summed E-state index contributed by atoms with van der Waals surface area (Å²) in [5.41, 5.74) is 0. The number of carbonyl (C=O) groups is 1. The standard InChI is InChI=1S/C14H15NO3/c1-2-11-10-12(16)8-9-15(11)14(17)18-13-6-4-3-5-7-13/h3-11,16H,2H2,1H3. The number of carbonyl (C=O) groups excluding carboxylic acids is 1. The van der Waals surface area contributed by atoms with Crippen LogP contribution >= 0.6 is 0 Å². The van der Waals surface area contributed by atoms with E-state index < -0.39 is 6.09 Å². The molecule has 1 unspecified atom stereocenters. The van der Waals surface area contributed by atoms with Crippen molar-refractivity contribution >= 4 is 6.09 Å². The molecule has 1 atom stereocenters. The fourth-order valence-electron chi connectivity index (χ4n) is 1.75. The van der Waals surface area contributed by atoms with Gasteiger partial charge in [-0.15, -0.1) is 0 Å². The second-order valence-electron chi connectivity index (χ2n) is 3.97. The molecule has 1 aromatic rings. The van der Waals surface area contributed by atoms with Gasteiger partial charge < -0.3 is 9.84 Å². The average Bonchev–Trinajstić information content (AvgIpc) is 2.39. The summed E-state index contributed by atoms with van der Waals surface area (Å²) in [5.74, 6) is 0.676. The van der Waals surface area contributed by atoms with E-state index in [1.165, 1.54) is 17.2 Å². The summed E-state index contributed by atoms with van der Waals surface area (Å²) in [6.07, 6.45) is 4.89. The first-order chi connectivity index (χ1) is 8.70. The third kappa shape index (κ3) is 2.71. The first kappa shape index (κ1) is 12.2. The molecular weight excluding hydrogens is 230 g/mol. The van der Waals surface area contributed by atoms with Gasteiger partial charge in [0, 0.05) is 6.20 Å². The highest BCUT2D eigenvalue weighted by atomic mass is 16.6. The van der Waals surface area contributed by atoms with Crippen molar-refractivity contribution in [1.29, 1.82) is 0 Å². The molecule has 1 N–H and O–H groups in total. The number of rotatable bonds is 2. The Morgan fingerprint density at radius 2 is 2.11 bits per heavy atom. The number of aliphatic hydroxyl groups is 1. The highest BCUT2D eigenvalue weighted by Gasteiger charge is 2.23. The maximum Gasteiger partial charge on any atom is 0.419 e. The van der Waals surface area contributed by atoms with Crippen LogP contribution in [0.3, 0.4) is 0 Å². The number of ether oxygens (including phenoxy) is 1. The Morgan fingerprint density at radius 3 is 2.78 bits per heavy atom. The zero-order valence-electron chi connectivity index (χ0n) is 10.1. The van der Waals surface area contributed by atoms with E-state index in [1.807, 2.05) is 13.0 Å². The molecule has 0 saturated carbocycles. The highest BCUT2D eigenvalue weighted by Crippen LogP contribution is 2.18. The Morgan fingerprint density at radius 1 is 1.39 bits per heavy atom. The molecule has 94 valence electrons. The summed E-state index contributed by atoms with van der Waals surface area (Å²) in [6, 6.07) is 8.73. The third-order valence-corrected chi connectivity index (χ3v) is 2.70. The molecule has 18 heavy (non-hydrogen) atoms.